The van der Waals surface area contributed by atoms with Crippen LogP contribution in [0.2, 0.25) is 0 Å². The van der Waals surface area contributed by atoms with Crippen LogP contribution < -0.4 is 5.32 Å². The quantitative estimate of drug-likeness (QED) is 0.513. The van der Waals surface area contributed by atoms with Crippen molar-refractivity contribution in [2.75, 3.05) is 11.9 Å². The SMILES string of the molecule is CCc1ccc(NC(=O)CN2C(=O)S/C(=C\c3ccc(I)o3)C2=O)cc1. The van der Waals surface area contributed by atoms with Crippen molar-refractivity contribution < 1.29 is 18.8 Å². The summed E-state index contributed by atoms with van der Waals surface area (Å²) in [5, 5.41) is 2.22. The van der Waals surface area contributed by atoms with E-state index in [1.807, 2.05) is 41.6 Å². The second-order valence-corrected chi connectivity index (χ2v) is 7.56. The third-order valence-electron chi connectivity index (χ3n) is 3.69. The van der Waals surface area contributed by atoms with E-state index in [1.54, 1.807) is 24.3 Å². The molecule has 1 fully saturated rings. The van der Waals surface area contributed by atoms with Crippen LogP contribution in [-0.2, 0) is 16.0 Å². The lowest BCUT2D eigenvalue weighted by atomic mass is 10.1. The average molecular weight is 482 g/mol. The highest BCUT2D eigenvalue weighted by atomic mass is 127. The average Bonchev–Trinajstić information content (AvgIpc) is 3.14. The number of benzene rings is 1. The van der Waals surface area contributed by atoms with E-state index in [0.29, 0.717) is 15.2 Å². The Hall–Kier alpha value is -2.07. The number of furan rings is 1. The molecule has 1 aromatic heterocycles. The number of hydrogen-bond donors (Lipinski definition) is 1. The number of amides is 3. The van der Waals surface area contributed by atoms with Crippen molar-refractivity contribution >= 4 is 63.2 Å². The van der Waals surface area contributed by atoms with Crippen LogP contribution in [-0.4, -0.2) is 28.5 Å². The van der Waals surface area contributed by atoms with Crippen molar-refractivity contribution in [3.05, 3.63) is 56.4 Å². The first-order valence-electron chi connectivity index (χ1n) is 7.85. The second kappa shape index (κ2) is 8.09. The number of halogens is 1. The van der Waals surface area contributed by atoms with Gasteiger partial charge in [0.1, 0.15) is 12.3 Å². The van der Waals surface area contributed by atoms with E-state index in [1.165, 1.54) is 6.08 Å². The summed E-state index contributed by atoms with van der Waals surface area (Å²) in [5.74, 6) is -0.436. The summed E-state index contributed by atoms with van der Waals surface area (Å²) < 4.78 is 6.06. The number of carbonyl (C=O) groups is 3. The molecule has 1 aliphatic rings. The van der Waals surface area contributed by atoms with E-state index in [0.717, 1.165) is 28.6 Å². The van der Waals surface area contributed by atoms with Crippen LogP contribution in [0.15, 0.2) is 45.7 Å². The van der Waals surface area contributed by atoms with Gasteiger partial charge in [0.25, 0.3) is 11.1 Å². The number of nitrogens with zero attached hydrogens (tertiary/aromatic N) is 1. The Balaban J connectivity index is 1.65. The molecule has 8 heteroatoms. The van der Waals surface area contributed by atoms with Gasteiger partial charge < -0.3 is 9.73 Å². The molecule has 134 valence electrons. The Morgan fingerprint density at radius 3 is 2.58 bits per heavy atom. The van der Waals surface area contributed by atoms with E-state index >= 15 is 0 Å². The van der Waals surface area contributed by atoms with Crippen molar-refractivity contribution in [3.8, 4) is 0 Å². The molecular formula is C18H15IN2O4S. The van der Waals surface area contributed by atoms with Crippen molar-refractivity contribution in [1.29, 1.82) is 0 Å². The normalized spacial score (nSPS) is 15.8. The van der Waals surface area contributed by atoms with Crippen LogP contribution in [0.5, 0.6) is 0 Å². The number of rotatable bonds is 5. The zero-order valence-electron chi connectivity index (χ0n) is 13.8. The fourth-order valence-electron chi connectivity index (χ4n) is 2.34. The Morgan fingerprint density at radius 1 is 1.23 bits per heavy atom. The molecule has 26 heavy (non-hydrogen) atoms. The minimum Gasteiger partial charge on any atom is -0.451 e. The minimum atomic E-state index is -0.497. The van der Waals surface area contributed by atoms with E-state index in [9.17, 15) is 14.4 Å². The summed E-state index contributed by atoms with van der Waals surface area (Å²) in [7, 11) is 0. The van der Waals surface area contributed by atoms with Crippen molar-refractivity contribution in [2.24, 2.45) is 0 Å². The summed E-state index contributed by atoms with van der Waals surface area (Å²) in [6, 6.07) is 10.9. The van der Waals surface area contributed by atoms with Gasteiger partial charge in [0, 0.05) is 11.8 Å². The van der Waals surface area contributed by atoms with Gasteiger partial charge in [-0.05, 0) is 70.6 Å². The van der Waals surface area contributed by atoms with E-state index < -0.39 is 17.1 Å². The maximum Gasteiger partial charge on any atom is 0.294 e. The molecule has 0 radical (unpaired) electrons. The Morgan fingerprint density at radius 2 is 1.96 bits per heavy atom. The monoisotopic (exact) mass is 482 g/mol. The molecule has 2 aromatic rings. The molecule has 1 aliphatic heterocycles. The van der Waals surface area contributed by atoms with Crippen LogP contribution in [0.3, 0.4) is 0 Å². The van der Waals surface area contributed by atoms with Crippen LogP contribution in [0, 0.1) is 3.77 Å². The smallest absolute Gasteiger partial charge is 0.294 e. The van der Waals surface area contributed by atoms with Crippen LogP contribution in [0.1, 0.15) is 18.2 Å². The number of hydrogen-bond acceptors (Lipinski definition) is 5. The van der Waals surface area contributed by atoms with Crippen molar-refractivity contribution in [1.82, 2.24) is 4.90 Å². The van der Waals surface area contributed by atoms with Crippen molar-refractivity contribution in [2.45, 2.75) is 13.3 Å². The van der Waals surface area contributed by atoms with E-state index in [4.69, 9.17) is 4.42 Å². The molecule has 2 heterocycles. The number of anilines is 1. The number of thioether (sulfide) groups is 1. The predicted molar refractivity (Wildman–Crippen MR) is 109 cm³/mol. The summed E-state index contributed by atoms with van der Waals surface area (Å²) in [6.45, 7) is 1.72. The predicted octanol–water partition coefficient (Wildman–Crippen LogP) is 4.12. The molecule has 3 rings (SSSR count). The molecule has 6 nitrogen and oxygen atoms in total. The number of nitrogens with one attached hydrogen (secondary N) is 1. The summed E-state index contributed by atoms with van der Waals surface area (Å²) in [4.78, 5) is 37.8. The highest BCUT2D eigenvalue weighted by molar-refractivity contribution is 14.1. The minimum absolute atomic E-state index is 0.237. The summed E-state index contributed by atoms with van der Waals surface area (Å²) in [6.07, 6.45) is 2.42. The largest absolute Gasteiger partial charge is 0.451 e. The van der Waals surface area contributed by atoms with Gasteiger partial charge in [0.05, 0.1) is 4.91 Å². The van der Waals surface area contributed by atoms with E-state index in [2.05, 4.69) is 5.32 Å². The van der Waals surface area contributed by atoms with Crippen LogP contribution in [0.4, 0.5) is 10.5 Å². The van der Waals surface area contributed by atoms with Gasteiger partial charge in [0.15, 0.2) is 3.77 Å². The third-order valence-corrected chi connectivity index (χ3v) is 5.18. The number of aryl methyl sites for hydroxylation is 1. The molecule has 3 amide bonds. The first kappa shape index (κ1) is 18.7. The van der Waals surface area contributed by atoms with Gasteiger partial charge in [0.2, 0.25) is 5.91 Å². The molecule has 0 aliphatic carbocycles. The zero-order chi connectivity index (χ0) is 18.7. The van der Waals surface area contributed by atoms with E-state index in [-0.39, 0.29) is 11.4 Å². The maximum atomic E-state index is 12.4. The third kappa shape index (κ3) is 4.36. The Kier molecular flexibility index (Phi) is 5.82. The Bertz CT molecular complexity index is 889. The number of imide groups is 1. The fourth-order valence-corrected chi connectivity index (χ4v) is 3.59. The highest BCUT2D eigenvalue weighted by Crippen LogP contribution is 2.32. The molecule has 0 bridgehead atoms. The molecule has 1 aromatic carbocycles. The lowest BCUT2D eigenvalue weighted by molar-refractivity contribution is -0.127. The molecule has 0 saturated carbocycles. The fraction of sp³-hybridized carbons (Fsp3) is 0.167. The highest BCUT2D eigenvalue weighted by Gasteiger charge is 2.36. The molecule has 0 unspecified atom stereocenters. The maximum absolute atomic E-state index is 12.4. The zero-order valence-corrected chi connectivity index (χ0v) is 16.8. The molecule has 1 N–H and O–H groups in total. The van der Waals surface area contributed by atoms with Gasteiger partial charge in [-0.3, -0.25) is 19.3 Å². The second-order valence-electron chi connectivity index (χ2n) is 5.51. The standard InChI is InChI=1S/C18H15IN2O4S/c1-2-11-3-5-12(6-4-11)20-16(22)10-21-17(23)14(26-18(21)24)9-13-7-8-15(19)25-13/h3-9H,2,10H2,1H3,(H,20,22)/b14-9-. The number of carbonyl (C=O) groups excluding carboxylic acids is 3. The molecule has 0 atom stereocenters. The lowest BCUT2D eigenvalue weighted by Crippen LogP contribution is -2.36. The molecule has 1 saturated heterocycles. The molecular weight excluding hydrogens is 467 g/mol. The lowest BCUT2D eigenvalue weighted by Gasteiger charge is -2.12. The van der Waals surface area contributed by atoms with Gasteiger partial charge in [-0.25, -0.2) is 0 Å². The van der Waals surface area contributed by atoms with Crippen molar-refractivity contribution in [3.63, 3.8) is 0 Å². The Labute approximate surface area is 168 Å². The van der Waals surface area contributed by atoms with Gasteiger partial charge in [-0.15, -0.1) is 0 Å². The first-order chi connectivity index (χ1) is 12.5. The van der Waals surface area contributed by atoms with Gasteiger partial charge >= 0.3 is 0 Å². The van der Waals surface area contributed by atoms with Gasteiger partial charge in [-0.1, -0.05) is 19.1 Å². The van der Waals surface area contributed by atoms with Crippen LogP contribution in [0.25, 0.3) is 6.08 Å². The summed E-state index contributed by atoms with van der Waals surface area (Å²) in [5.41, 5.74) is 1.78. The topological polar surface area (TPSA) is 79.6 Å². The summed E-state index contributed by atoms with van der Waals surface area (Å²) >= 11 is 2.81. The first-order valence-corrected chi connectivity index (χ1v) is 9.75. The van der Waals surface area contributed by atoms with Gasteiger partial charge in [-0.2, -0.15) is 0 Å². The molecule has 0 spiro atoms. The van der Waals surface area contributed by atoms with Crippen LogP contribution >= 0.6 is 34.4 Å².